The molecule has 5 heteroatoms. The lowest BCUT2D eigenvalue weighted by atomic mass is 10.2. The summed E-state index contributed by atoms with van der Waals surface area (Å²) < 4.78 is 5.74. The van der Waals surface area contributed by atoms with Crippen LogP contribution in [0.3, 0.4) is 0 Å². The fourth-order valence-electron chi connectivity index (χ4n) is 2.65. The van der Waals surface area contributed by atoms with E-state index in [0.717, 1.165) is 49.9 Å². The Kier molecular flexibility index (Phi) is 5.82. The molecule has 0 saturated carbocycles. The molecule has 0 radical (unpaired) electrons. The molecule has 1 aliphatic rings. The smallest absolute Gasteiger partial charge is 0.225 e. The third kappa shape index (κ3) is 5.08. The number of rotatable bonds is 6. The number of benzene rings is 2. The zero-order chi connectivity index (χ0) is 16.6. The van der Waals surface area contributed by atoms with E-state index in [1.54, 1.807) is 0 Å². The third-order valence-electron chi connectivity index (χ3n) is 3.98. The lowest BCUT2D eigenvalue weighted by Gasteiger charge is -2.26. The second kappa shape index (κ2) is 8.47. The number of hydrogen-bond donors (Lipinski definition) is 2. The van der Waals surface area contributed by atoms with Gasteiger partial charge in [-0.15, -0.1) is 0 Å². The van der Waals surface area contributed by atoms with Crippen LogP contribution in [0, 0.1) is 0 Å². The molecule has 0 spiro atoms. The first kappa shape index (κ1) is 16.5. The van der Waals surface area contributed by atoms with Gasteiger partial charge in [-0.3, -0.25) is 4.79 Å². The van der Waals surface area contributed by atoms with Gasteiger partial charge in [0.2, 0.25) is 5.91 Å². The molecule has 0 bridgehead atoms. The number of carbonyl (C=O) groups is 1. The van der Waals surface area contributed by atoms with Crippen LogP contribution in [0.1, 0.15) is 6.42 Å². The molecule has 3 rings (SSSR count). The Morgan fingerprint density at radius 2 is 1.67 bits per heavy atom. The van der Waals surface area contributed by atoms with Gasteiger partial charge in [0, 0.05) is 44.8 Å². The van der Waals surface area contributed by atoms with E-state index in [9.17, 15) is 4.79 Å². The number of anilines is 1. The number of ether oxygens (including phenoxy) is 1. The second-order valence-corrected chi connectivity index (χ2v) is 5.83. The average molecular weight is 325 g/mol. The molecule has 5 nitrogen and oxygen atoms in total. The fraction of sp³-hybridized carbons (Fsp3) is 0.316. The van der Waals surface area contributed by atoms with E-state index in [1.807, 2.05) is 54.6 Å². The SMILES string of the molecule is O=C(CCN1CCNCC1)Nc1ccc(Oc2ccccc2)cc1. The maximum absolute atomic E-state index is 12.0. The molecule has 2 N–H and O–H groups in total. The van der Waals surface area contributed by atoms with Gasteiger partial charge < -0.3 is 20.3 Å². The topological polar surface area (TPSA) is 53.6 Å². The van der Waals surface area contributed by atoms with Gasteiger partial charge in [-0.1, -0.05) is 18.2 Å². The quantitative estimate of drug-likeness (QED) is 0.857. The van der Waals surface area contributed by atoms with Crippen molar-refractivity contribution in [1.29, 1.82) is 0 Å². The Balaban J connectivity index is 1.45. The van der Waals surface area contributed by atoms with Crippen LogP contribution in [0.2, 0.25) is 0 Å². The third-order valence-corrected chi connectivity index (χ3v) is 3.98. The molecule has 2 aromatic rings. The van der Waals surface area contributed by atoms with E-state index in [2.05, 4.69) is 15.5 Å². The largest absolute Gasteiger partial charge is 0.457 e. The highest BCUT2D eigenvalue weighted by atomic mass is 16.5. The fourth-order valence-corrected chi connectivity index (χ4v) is 2.65. The minimum atomic E-state index is 0.0465. The molecule has 0 aromatic heterocycles. The van der Waals surface area contributed by atoms with E-state index >= 15 is 0 Å². The normalized spacial score (nSPS) is 15.0. The maximum Gasteiger partial charge on any atom is 0.225 e. The van der Waals surface area contributed by atoms with Crippen molar-refractivity contribution in [2.75, 3.05) is 38.0 Å². The van der Waals surface area contributed by atoms with Crippen LogP contribution in [0.4, 0.5) is 5.69 Å². The molecule has 1 aliphatic heterocycles. The van der Waals surface area contributed by atoms with E-state index in [1.165, 1.54) is 0 Å². The minimum Gasteiger partial charge on any atom is -0.457 e. The van der Waals surface area contributed by atoms with Gasteiger partial charge in [0.05, 0.1) is 0 Å². The predicted molar refractivity (Wildman–Crippen MR) is 95.5 cm³/mol. The predicted octanol–water partition coefficient (Wildman–Crippen LogP) is 2.71. The number of para-hydroxylation sites is 1. The highest BCUT2D eigenvalue weighted by Gasteiger charge is 2.11. The summed E-state index contributed by atoms with van der Waals surface area (Å²) in [5.74, 6) is 1.59. The van der Waals surface area contributed by atoms with Gasteiger partial charge in [0.15, 0.2) is 0 Å². The zero-order valence-corrected chi connectivity index (χ0v) is 13.7. The van der Waals surface area contributed by atoms with Gasteiger partial charge >= 0.3 is 0 Å². The van der Waals surface area contributed by atoms with Crippen LogP contribution in [0.5, 0.6) is 11.5 Å². The van der Waals surface area contributed by atoms with Crippen molar-refractivity contribution >= 4 is 11.6 Å². The average Bonchev–Trinajstić information content (AvgIpc) is 2.63. The van der Waals surface area contributed by atoms with Crippen LogP contribution in [0.25, 0.3) is 0 Å². The molecule has 1 fully saturated rings. The summed E-state index contributed by atoms with van der Waals surface area (Å²) in [4.78, 5) is 14.4. The number of piperazine rings is 1. The molecule has 24 heavy (non-hydrogen) atoms. The van der Waals surface area contributed by atoms with E-state index in [-0.39, 0.29) is 5.91 Å². The molecular formula is C19H23N3O2. The molecule has 0 atom stereocenters. The Morgan fingerprint density at radius 3 is 2.38 bits per heavy atom. The van der Waals surface area contributed by atoms with Gasteiger partial charge in [-0.2, -0.15) is 0 Å². The summed E-state index contributed by atoms with van der Waals surface area (Å²) in [5, 5.41) is 6.25. The van der Waals surface area contributed by atoms with Crippen LogP contribution in [-0.4, -0.2) is 43.5 Å². The summed E-state index contributed by atoms with van der Waals surface area (Å²) in [7, 11) is 0. The molecule has 1 saturated heterocycles. The summed E-state index contributed by atoms with van der Waals surface area (Å²) in [6.45, 7) is 4.84. The van der Waals surface area contributed by atoms with Crippen molar-refractivity contribution in [3.63, 3.8) is 0 Å². The van der Waals surface area contributed by atoms with E-state index in [0.29, 0.717) is 6.42 Å². The maximum atomic E-state index is 12.0. The summed E-state index contributed by atoms with van der Waals surface area (Å²) >= 11 is 0. The van der Waals surface area contributed by atoms with Crippen LogP contribution in [-0.2, 0) is 4.79 Å². The van der Waals surface area contributed by atoms with Crippen molar-refractivity contribution in [3.8, 4) is 11.5 Å². The molecule has 1 heterocycles. The lowest BCUT2D eigenvalue weighted by molar-refractivity contribution is -0.116. The van der Waals surface area contributed by atoms with Crippen molar-refractivity contribution in [2.45, 2.75) is 6.42 Å². The number of amides is 1. The summed E-state index contributed by atoms with van der Waals surface area (Å²) in [6, 6.07) is 17.1. The first-order valence-corrected chi connectivity index (χ1v) is 8.35. The van der Waals surface area contributed by atoms with Crippen LogP contribution in [0.15, 0.2) is 54.6 Å². The summed E-state index contributed by atoms with van der Waals surface area (Å²) in [5.41, 5.74) is 0.792. The van der Waals surface area contributed by atoms with Crippen molar-refractivity contribution in [1.82, 2.24) is 10.2 Å². The van der Waals surface area contributed by atoms with Crippen LogP contribution < -0.4 is 15.4 Å². The highest BCUT2D eigenvalue weighted by molar-refractivity contribution is 5.90. The van der Waals surface area contributed by atoms with E-state index in [4.69, 9.17) is 4.74 Å². The molecule has 1 amide bonds. The first-order valence-electron chi connectivity index (χ1n) is 8.35. The first-order chi connectivity index (χ1) is 11.8. The Morgan fingerprint density at radius 1 is 1.00 bits per heavy atom. The van der Waals surface area contributed by atoms with Crippen LogP contribution >= 0.6 is 0 Å². The van der Waals surface area contributed by atoms with E-state index < -0.39 is 0 Å². The van der Waals surface area contributed by atoms with Crippen molar-refractivity contribution in [2.24, 2.45) is 0 Å². The highest BCUT2D eigenvalue weighted by Crippen LogP contribution is 2.22. The number of hydrogen-bond acceptors (Lipinski definition) is 4. The molecular weight excluding hydrogens is 302 g/mol. The van der Waals surface area contributed by atoms with Gasteiger partial charge in [-0.25, -0.2) is 0 Å². The van der Waals surface area contributed by atoms with Crippen molar-refractivity contribution in [3.05, 3.63) is 54.6 Å². The molecule has 0 unspecified atom stereocenters. The molecule has 2 aromatic carbocycles. The number of nitrogens with zero attached hydrogens (tertiary/aromatic N) is 1. The lowest BCUT2D eigenvalue weighted by Crippen LogP contribution is -2.44. The summed E-state index contributed by atoms with van der Waals surface area (Å²) in [6.07, 6.45) is 0.516. The Hall–Kier alpha value is -2.37. The number of carbonyl (C=O) groups excluding carboxylic acids is 1. The number of nitrogens with one attached hydrogen (secondary N) is 2. The Labute approximate surface area is 142 Å². The zero-order valence-electron chi connectivity index (χ0n) is 13.7. The monoisotopic (exact) mass is 325 g/mol. The molecule has 126 valence electrons. The Bertz CT molecular complexity index is 637. The standard InChI is InChI=1S/C19H23N3O2/c23-19(10-13-22-14-11-20-12-15-22)21-16-6-8-18(9-7-16)24-17-4-2-1-3-5-17/h1-9,20H,10-15H2,(H,21,23). The van der Waals surface area contributed by atoms with Gasteiger partial charge in [-0.05, 0) is 36.4 Å². The minimum absolute atomic E-state index is 0.0465. The van der Waals surface area contributed by atoms with Gasteiger partial charge in [0.1, 0.15) is 11.5 Å². The van der Waals surface area contributed by atoms with Gasteiger partial charge in [0.25, 0.3) is 0 Å². The van der Waals surface area contributed by atoms with Crippen molar-refractivity contribution < 1.29 is 9.53 Å². The second-order valence-electron chi connectivity index (χ2n) is 5.83. The molecule has 0 aliphatic carbocycles.